The maximum atomic E-state index is 11.8. The average Bonchev–Trinajstić information content (AvgIpc) is 2.64. The van der Waals surface area contributed by atoms with Gasteiger partial charge < -0.3 is 5.32 Å². The zero-order valence-electron chi connectivity index (χ0n) is 9.73. The molecule has 5 heteroatoms. The Balaban J connectivity index is 2.01. The monoisotopic (exact) mass is 247 g/mol. The maximum absolute atomic E-state index is 11.8. The highest BCUT2D eigenvalue weighted by Gasteiger charge is 2.08. The van der Waals surface area contributed by atoms with Crippen molar-refractivity contribution in [2.75, 3.05) is 5.32 Å². The van der Waals surface area contributed by atoms with E-state index in [1.165, 1.54) is 11.3 Å². The van der Waals surface area contributed by atoms with Gasteiger partial charge in [-0.15, -0.1) is 11.3 Å². The minimum absolute atomic E-state index is 0.0250. The number of carbonyl (C=O) groups excluding carboxylic acids is 1. The first kappa shape index (κ1) is 11.7. The van der Waals surface area contributed by atoms with Crippen LogP contribution in [-0.4, -0.2) is 15.9 Å². The van der Waals surface area contributed by atoms with E-state index < -0.39 is 0 Å². The number of pyridine rings is 1. The van der Waals surface area contributed by atoms with Crippen LogP contribution < -0.4 is 5.32 Å². The van der Waals surface area contributed by atoms with Crippen LogP contribution in [0.2, 0.25) is 0 Å². The van der Waals surface area contributed by atoms with Gasteiger partial charge in [-0.1, -0.05) is 0 Å². The Morgan fingerprint density at radius 1 is 1.41 bits per heavy atom. The summed E-state index contributed by atoms with van der Waals surface area (Å²) in [5, 5.41) is 2.85. The maximum Gasteiger partial charge on any atom is 0.229 e. The summed E-state index contributed by atoms with van der Waals surface area (Å²) in [6, 6.07) is 3.63. The molecular formula is C12H13N3OS. The lowest BCUT2D eigenvalue weighted by Crippen LogP contribution is -2.14. The van der Waals surface area contributed by atoms with Crippen molar-refractivity contribution in [3.63, 3.8) is 0 Å². The first-order valence-corrected chi connectivity index (χ1v) is 6.14. The highest BCUT2D eigenvalue weighted by atomic mass is 32.1. The van der Waals surface area contributed by atoms with Crippen molar-refractivity contribution in [2.24, 2.45) is 0 Å². The predicted molar refractivity (Wildman–Crippen MR) is 68.2 cm³/mol. The normalized spacial score (nSPS) is 10.2. The molecule has 2 aromatic rings. The van der Waals surface area contributed by atoms with E-state index in [2.05, 4.69) is 15.3 Å². The third kappa shape index (κ3) is 3.10. The van der Waals surface area contributed by atoms with Crippen LogP contribution in [-0.2, 0) is 11.2 Å². The molecule has 0 aromatic carbocycles. The van der Waals surface area contributed by atoms with Gasteiger partial charge in [0.15, 0.2) is 0 Å². The number of nitrogens with one attached hydrogen (secondary N) is 1. The van der Waals surface area contributed by atoms with Gasteiger partial charge in [-0.2, -0.15) is 0 Å². The molecule has 17 heavy (non-hydrogen) atoms. The van der Waals surface area contributed by atoms with Crippen molar-refractivity contribution in [1.82, 2.24) is 9.97 Å². The first-order chi connectivity index (χ1) is 8.15. The predicted octanol–water partition coefficient (Wildman–Crippen LogP) is 2.34. The summed E-state index contributed by atoms with van der Waals surface area (Å²) in [6.07, 6.45) is 2.06. The summed E-state index contributed by atoms with van der Waals surface area (Å²) in [5.41, 5.74) is 4.35. The number of amides is 1. The van der Waals surface area contributed by atoms with Gasteiger partial charge >= 0.3 is 0 Å². The molecule has 0 radical (unpaired) electrons. The lowest BCUT2D eigenvalue weighted by Gasteiger charge is -2.04. The summed E-state index contributed by atoms with van der Waals surface area (Å²) in [4.78, 5) is 21.0. The van der Waals surface area contributed by atoms with E-state index in [-0.39, 0.29) is 5.91 Å². The SMILES string of the molecule is Cc1cc(NC(=O)Cc2scnc2C)ccn1. The molecule has 0 atom stereocenters. The Morgan fingerprint density at radius 3 is 2.88 bits per heavy atom. The fourth-order valence-corrected chi connectivity index (χ4v) is 2.25. The molecule has 0 aliphatic rings. The van der Waals surface area contributed by atoms with Crippen LogP contribution >= 0.6 is 11.3 Å². The van der Waals surface area contributed by atoms with Crippen molar-refractivity contribution in [3.8, 4) is 0 Å². The fraction of sp³-hybridized carbons (Fsp3) is 0.250. The minimum Gasteiger partial charge on any atom is -0.326 e. The molecule has 0 spiro atoms. The molecule has 1 N–H and O–H groups in total. The quantitative estimate of drug-likeness (QED) is 0.905. The Kier molecular flexibility index (Phi) is 3.49. The van der Waals surface area contributed by atoms with E-state index in [9.17, 15) is 4.79 Å². The minimum atomic E-state index is -0.0250. The molecule has 0 aliphatic heterocycles. The molecule has 2 aromatic heterocycles. The van der Waals surface area contributed by atoms with Crippen molar-refractivity contribution in [3.05, 3.63) is 40.1 Å². The lowest BCUT2D eigenvalue weighted by atomic mass is 10.2. The number of hydrogen-bond acceptors (Lipinski definition) is 4. The van der Waals surface area contributed by atoms with E-state index in [1.807, 2.05) is 19.9 Å². The highest BCUT2D eigenvalue weighted by Crippen LogP contribution is 2.14. The van der Waals surface area contributed by atoms with Crippen molar-refractivity contribution in [1.29, 1.82) is 0 Å². The second kappa shape index (κ2) is 5.05. The van der Waals surface area contributed by atoms with Crippen LogP contribution in [0.1, 0.15) is 16.3 Å². The largest absolute Gasteiger partial charge is 0.326 e. The molecule has 0 saturated carbocycles. The van der Waals surface area contributed by atoms with Crippen LogP contribution in [0.3, 0.4) is 0 Å². The third-order valence-electron chi connectivity index (χ3n) is 2.35. The van der Waals surface area contributed by atoms with Gasteiger partial charge in [0.05, 0.1) is 17.6 Å². The van der Waals surface area contributed by atoms with E-state index in [4.69, 9.17) is 0 Å². The summed E-state index contributed by atoms with van der Waals surface area (Å²) in [7, 11) is 0. The van der Waals surface area contributed by atoms with E-state index in [0.29, 0.717) is 6.42 Å². The highest BCUT2D eigenvalue weighted by molar-refractivity contribution is 7.09. The van der Waals surface area contributed by atoms with Crippen LogP contribution in [0.25, 0.3) is 0 Å². The third-order valence-corrected chi connectivity index (χ3v) is 3.28. The van der Waals surface area contributed by atoms with Crippen molar-refractivity contribution in [2.45, 2.75) is 20.3 Å². The van der Waals surface area contributed by atoms with Gasteiger partial charge in [0, 0.05) is 22.5 Å². The van der Waals surface area contributed by atoms with E-state index in [0.717, 1.165) is 22.0 Å². The first-order valence-electron chi connectivity index (χ1n) is 5.26. The number of nitrogens with zero attached hydrogens (tertiary/aromatic N) is 2. The Morgan fingerprint density at radius 2 is 2.24 bits per heavy atom. The Labute approximate surface area is 104 Å². The number of anilines is 1. The number of carbonyl (C=O) groups is 1. The second-order valence-corrected chi connectivity index (χ2v) is 4.71. The average molecular weight is 247 g/mol. The molecule has 4 nitrogen and oxygen atoms in total. The van der Waals surface area contributed by atoms with Gasteiger partial charge in [-0.25, -0.2) is 4.98 Å². The molecule has 0 aliphatic carbocycles. The zero-order valence-corrected chi connectivity index (χ0v) is 10.5. The number of rotatable bonds is 3. The number of aryl methyl sites for hydroxylation is 2. The number of hydrogen-bond donors (Lipinski definition) is 1. The van der Waals surface area contributed by atoms with Crippen LogP contribution in [0.15, 0.2) is 23.8 Å². The Bertz CT molecular complexity index is 536. The molecule has 0 saturated heterocycles. The lowest BCUT2D eigenvalue weighted by molar-refractivity contribution is -0.115. The smallest absolute Gasteiger partial charge is 0.229 e. The molecule has 88 valence electrons. The van der Waals surface area contributed by atoms with Gasteiger partial charge in [0.1, 0.15) is 0 Å². The van der Waals surface area contributed by atoms with Crippen molar-refractivity contribution >= 4 is 22.9 Å². The Hall–Kier alpha value is -1.75. The van der Waals surface area contributed by atoms with E-state index in [1.54, 1.807) is 17.8 Å². The van der Waals surface area contributed by atoms with Crippen LogP contribution in [0.5, 0.6) is 0 Å². The molecule has 0 bridgehead atoms. The standard InChI is InChI=1S/C12H13N3OS/c1-8-5-10(3-4-13-8)15-12(16)6-11-9(2)14-7-17-11/h3-5,7H,6H2,1-2H3,(H,13,15,16). The number of thiazole rings is 1. The van der Waals surface area contributed by atoms with E-state index >= 15 is 0 Å². The summed E-state index contributed by atoms with van der Waals surface area (Å²) in [5.74, 6) is -0.0250. The summed E-state index contributed by atoms with van der Waals surface area (Å²) in [6.45, 7) is 3.80. The zero-order chi connectivity index (χ0) is 12.3. The van der Waals surface area contributed by atoms with Crippen molar-refractivity contribution < 1.29 is 4.79 Å². The second-order valence-electron chi connectivity index (χ2n) is 3.77. The van der Waals surface area contributed by atoms with Crippen LogP contribution in [0.4, 0.5) is 5.69 Å². The molecular weight excluding hydrogens is 234 g/mol. The summed E-state index contributed by atoms with van der Waals surface area (Å²) >= 11 is 1.51. The van der Waals surface area contributed by atoms with Gasteiger partial charge in [-0.3, -0.25) is 9.78 Å². The number of aromatic nitrogens is 2. The van der Waals surface area contributed by atoms with Gasteiger partial charge in [0.2, 0.25) is 5.91 Å². The molecule has 2 rings (SSSR count). The molecule has 0 unspecified atom stereocenters. The molecule has 0 fully saturated rings. The molecule has 2 heterocycles. The topological polar surface area (TPSA) is 54.9 Å². The summed E-state index contributed by atoms with van der Waals surface area (Å²) < 4.78 is 0. The fourth-order valence-electron chi connectivity index (χ4n) is 1.47. The van der Waals surface area contributed by atoms with Crippen LogP contribution in [0, 0.1) is 13.8 Å². The molecule has 1 amide bonds. The van der Waals surface area contributed by atoms with Gasteiger partial charge in [0.25, 0.3) is 0 Å². The van der Waals surface area contributed by atoms with Gasteiger partial charge in [-0.05, 0) is 26.0 Å².